The third-order valence-corrected chi connectivity index (χ3v) is 10.9. The molecule has 2 aromatic carbocycles. The average Bonchev–Trinajstić information content (AvgIpc) is 3.14. The van der Waals surface area contributed by atoms with Gasteiger partial charge in [-0.3, -0.25) is 0 Å². The Morgan fingerprint density at radius 1 is 1.06 bits per heavy atom. The van der Waals surface area contributed by atoms with Gasteiger partial charge in [-0.2, -0.15) is 9.78 Å². The van der Waals surface area contributed by atoms with E-state index in [-0.39, 0.29) is 5.04 Å². The SMILES string of the molecule is COc1ccc2c(C(O)c3ccc(CO[Si](C)(C)C(C)(C)C)cc3)nn(C(=O)OC(C)(C)C)c2c1. The molecule has 8 heteroatoms. The highest BCUT2D eigenvalue weighted by Gasteiger charge is 2.37. The maximum Gasteiger partial charge on any atom is 0.435 e. The summed E-state index contributed by atoms with van der Waals surface area (Å²) in [6.07, 6.45) is -1.64. The fraction of sp³-hybridized carbons (Fsp3) is 0.481. The molecule has 1 heterocycles. The van der Waals surface area contributed by atoms with E-state index in [2.05, 4.69) is 39.0 Å². The van der Waals surface area contributed by atoms with Crippen molar-refractivity contribution >= 4 is 25.3 Å². The van der Waals surface area contributed by atoms with E-state index in [1.54, 1.807) is 46.1 Å². The summed E-state index contributed by atoms with van der Waals surface area (Å²) in [5.41, 5.74) is 1.91. The monoisotopic (exact) mass is 498 g/mol. The summed E-state index contributed by atoms with van der Waals surface area (Å²) in [4.78, 5) is 12.9. The summed E-state index contributed by atoms with van der Waals surface area (Å²) in [5, 5.41) is 16.5. The van der Waals surface area contributed by atoms with E-state index in [1.807, 2.05) is 24.3 Å². The van der Waals surface area contributed by atoms with Gasteiger partial charge < -0.3 is 19.0 Å². The molecule has 1 atom stereocenters. The quantitative estimate of drug-likeness (QED) is 0.394. The van der Waals surface area contributed by atoms with Crippen molar-refractivity contribution in [1.29, 1.82) is 0 Å². The van der Waals surface area contributed by atoms with Gasteiger partial charge in [-0.1, -0.05) is 45.0 Å². The van der Waals surface area contributed by atoms with Gasteiger partial charge in [0.1, 0.15) is 23.1 Å². The number of benzene rings is 2. The second kappa shape index (κ2) is 9.76. The third-order valence-electron chi connectivity index (χ3n) is 6.44. The van der Waals surface area contributed by atoms with Crippen LogP contribution >= 0.6 is 0 Å². The van der Waals surface area contributed by atoms with Gasteiger partial charge in [0.25, 0.3) is 0 Å². The van der Waals surface area contributed by atoms with Crippen molar-refractivity contribution in [3.05, 3.63) is 59.3 Å². The Morgan fingerprint density at radius 2 is 1.69 bits per heavy atom. The lowest BCUT2D eigenvalue weighted by atomic mass is 10.0. The van der Waals surface area contributed by atoms with E-state index in [9.17, 15) is 9.90 Å². The summed E-state index contributed by atoms with van der Waals surface area (Å²) in [5.74, 6) is 0.578. The van der Waals surface area contributed by atoms with E-state index in [4.69, 9.17) is 13.9 Å². The third kappa shape index (κ3) is 6.12. The van der Waals surface area contributed by atoms with Crippen LogP contribution in [-0.2, 0) is 15.8 Å². The molecule has 1 unspecified atom stereocenters. The Balaban J connectivity index is 1.90. The van der Waals surface area contributed by atoms with Gasteiger partial charge in [0.2, 0.25) is 0 Å². The second-order valence-electron chi connectivity index (χ2n) is 11.4. The summed E-state index contributed by atoms with van der Waals surface area (Å²) in [6.45, 7) is 17.0. The van der Waals surface area contributed by atoms with Crippen LogP contribution in [0.5, 0.6) is 5.75 Å². The van der Waals surface area contributed by atoms with Crippen molar-refractivity contribution in [1.82, 2.24) is 9.78 Å². The van der Waals surface area contributed by atoms with E-state index in [0.29, 0.717) is 34.5 Å². The predicted molar refractivity (Wildman–Crippen MR) is 140 cm³/mol. The number of ether oxygens (including phenoxy) is 2. The molecule has 3 rings (SSSR count). The molecule has 0 aliphatic heterocycles. The molecule has 0 bridgehead atoms. The lowest BCUT2D eigenvalue weighted by molar-refractivity contribution is 0.0520. The second-order valence-corrected chi connectivity index (χ2v) is 16.2. The number of aromatic nitrogens is 2. The van der Waals surface area contributed by atoms with Crippen molar-refractivity contribution in [3.63, 3.8) is 0 Å². The van der Waals surface area contributed by atoms with Crippen molar-refractivity contribution < 1.29 is 23.8 Å². The summed E-state index contributed by atoms with van der Waals surface area (Å²) in [7, 11) is -0.299. The van der Waals surface area contributed by atoms with Crippen LogP contribution < -0.4 is 4.74 Å². The minimum atomic E-state index is -1.86. The van der Waals surface area contributed by atoms with Crippen LogP contribution in [0.2, 0.25) is 18.1 Å². The Labute approximate surface area is 209 Å². The topological polar surface area (TPSA) is 82.8 Å². The normalized spacial score (nSPS) is 13.7. The summed E-state index contributed by atoms with van der Waals surface area (Å²) < 4.78 is 18.3. The summed E-state index contributed by atoms with van der Waals surface area (Å²) in [6, 6.07) is 12.9. The van der Waals surface area contributed by atoms with Crippen LogP contribution in [0.1, 0.15) is 64.5 Å². The Kier molecular flexibility index (Phi) is 7.50. The highest BCUT2D eigenvalue weighted by Crippen LogP contribution is 2.37. The number of hydrogen-bond donors (Lipinski definition) is 1. The number of carbonyl (C=O) groups excluding carboxylic acids is 1. The van der Waals surface area contributed by atoms with Crippen molar-refractivity contribution in [2.75, 3.05) is 7.11 Å². The van der Waals surface area contributed by atoms with Crippen molar-refractivity contribution in [2.45, 2.75) is 78.0 Å². The predicted octanol–water partition coefficient (Wildman–Crippen LogP) is 6.43. The average molecular weight is 499 g/mol. The first-order valence-electron chi connectivity index (χ1n) is 11.8. The van der Waals surface area contributed by atoms with Crippen LogP contribution in [0.15, 0.2) is 42.5 Å². The molecule has 0 saturated heterocycles. The molecule has 7 nitrogen and oxygen atoms in total. The molecular weight excluding hydrogens is 460 g/mol. The standard InChI is InChI=1S/C27H38N2O5Si/c1-26(2,3)34-25(31)29-22-16-20(32-7)14-15-21(22)23(28-29)24(30)19-12-10-18(11-13-19)17-33-35(8,9)27(4,5)6/h10-16,24,30H,17H2,1-9H3. The number of aliphatic hydroxyl groups is 1. The first-order valence-corrected chi connectivity index (χ1v) is 14.7. The van der Waals surface area contributed by atoms with Gasteiger partial charge in [0.05, 0.1) is 19.2 Å². The number of methoxy groups -OCH3 is 1. The number of rotatable bonds is 6. The zero-order valence-corrected chi connectivity index (χ0v) is 23.3. The van der Waals surface area contributed by atoms with Crippen LogP contribution in [0.3, 0.4) is 0 Å². The van der Waals surface area contributed by atoms with Gasteiger partial charge >= 0.3 is 6.09 Å². The van der Waals surface area contributed by atoms with Crippen molar-refractivity contribution in [3.8, 4) is 5.75 Å². The van der Waals surface area contributed by atoms with Gasteiger partial charge in [0.15, 0.2) is 8.32 Å². The molecule has 35 heavy (non-hydrogen) atoms. The molecule has 0 amide bonds. The van der Waals surface area contributed by atoms with Gasteiger partial charge in [-0.25, -0.2) is 4.79 Å². The fourth-order valence-corrected chi connectivity index (χ4v) is 4.29. The van der Waals surface area contributed by atoms with Crippen molar-refractivity contribution in [2.24, 2.45) is 0 Å². The van der Waals surface area contributed by atoms with Crippen LogP contribution in [-0.4, -0.2) is 42.0 Å². The van der Waals surface area contributed by atoms with Gasteiger partial charge in [-0.15, -0.1) is 0 Å². The zero-order chi connectivity index (χ0) is 26.2. The van der Waals surface area contributed by atoms with Crippen LogP contribution in [0.4, 0.5) is 4.79 Å². The van der Waals surface area contributed by atoms with Crippen LogP contribution in [0, 0.1) is 0 Å². The molecule has 0 aliphatic carbocycles. The number of nitrogens with zero attached hydrogens (tertiary/aromatic N) is 2. The van der Waals surface area contributed by atoms with E-state index in [0.717, 1.165) is 5.56 Å². The Morgan fingerprint density at radius 3 is 2.23 bits per heavy atom. The highest BCUT2D eigenvalue weighted by atomic mass is 28.4. The summed E-state index contributed by atoms with van der Waals surface area (Å²) >= 11 is 0. The van der Waals surface area contributed by atoms with E-state index >= 15 is 0 Å². The molecule has 0 saturated carbocycles. The Hall–Kier alpha value is -2.68. The Bertz CT molecular complexity index is 1190. The lowest BCUT2D eigenvalue weighted by Crippen LogP contribution is -2.40. The maximum absolute atomic E-state index is 12.9. The molecule has 190 valence electrons. The maximum atomic E-state index is 12.9. The fourth-order valence-electron chi connectivity index (χ4n) is 3.33. The smallest absolute Gasteiger partial charge is 0.435 e. The molecule has 1 N–H and O–H groups in total. The lowest BCUT2D eigenvalue weighted by Gasteiger charge is -2.36. The first kappa shape index (κ1) is 26.9. The van der Waals surface area contributed by atoms with E-state index in [1.165, 1.54) is 4.68 Å². The minimum Gasteiger partial charge on any atom is -0.497 e. The molecule has 0 fully saturated rings. The molecular formula is C27H38N2O5Si. The van der Waals surface area contributed by atoms with Gasteiger partial charge in [0, 0.05) is 11.5 Å². The van der Waals surface area contributed by atoms with Gasteiger partial charge in [-0.05, 0) is 62.2 Å². The molecule has 0 spiro atoms. The minimum absolute atomic E-state index is 0.139. The molecule has 3 aromatic rings. The number of carbonyl (C=O) groups is 1. The molecule has 0 aliphatic rings. The molecule has 0 radical (unpaired) electrons. The highest BCUT2D eigenvalue weighted by molar-refractivity contribution is 6.74. The largest absolute Gasteiger partial charge is 0.497 e. The first-order chi connectivity index (χ1) is 16.1. The molecule has 1 aromatic heterocycles. The van der Waals surface area contributed by atoms with E-state index < -0.39 is 26.1 Å². The number of hydrogen-bond acceptors (Lipinski definition) is 6. The van der Waals surface area contributed by atoms with Crippen LogP contribution in [0.25, 0.3) is 10.9 Å². The number of fused-ring (bicyclic) bond motifs is 1. The number of aliphatic hydroxyl groups excluding tert-OH is 1. The zero-order valence-electron chi connectivity index (χ0n) is 22.3.